The number of hydrogen-bond donors (Lipinski definition) is 2. The van der Waals surface area contributed by atoms with Gasteiger partial charge in [-0.2, -0.15) is 11.3 Å². The van der Waals surface area contributed by atoms with Gasteiger partial charge in [-0.25, -0.2) is 0 Å². The maximum Gasteiger partial charge on any atom is 0.105 e. The lowest BCUT2D eigenvalue weighted by Crippen LogP contribution is -1.98. The lowest BCUT2D eigenvalue weighted by molar-refractivity contribution is 0.221. The van der Waals surface area contributed by atoms with Crippen molar-refractivity contribution >= 4 is 17.0 Å². The maximum atomic E-state index is 9.96. The number of nitrogen functional groups attached to an aromatic ring is 1. The van der Waals surface area contributed by atoms with Gasteiger partial charge in [0, 0.05) is 5.69 Å². The summed E-state index contributed by atoms with van der Waals surface area (Å²) >= 11 is 1.58. The van der Waals surface area contributed by atoms with Crippen molar-refractivity contribution < 1.29 is 5.11 Å². The van der Waals surface area contributed by atoms with Gasteiger partial charge in [-0.15, -0.1) is 0 Å². The minimum absolute atomic E-state index is 0.565. The summed E-state index contributed by atoms with van der Waals surface area (Å²) in [5.74, 6) is 0. The van der Waals surface area contributed by atoms with Crippen LogP contribution in [0, 0.1) is 0 Å². The van der Waals surface area contributed by atoms with E-state index in [-0.39, 0.29) is 0 Å². The molecule has 0 saturated carbocycles. The Bertz CT molecular complexity index is 411. The monoisotopic (exact) mass is 205 g/mol. The van der Waals surface area contributed by atoms with E-state index in [9.17, 15) is 5.11 Å². The van der Waals surface area contributed by atoms with Crippen LogP contribution in [-0.4, -0.2) is 5.11 Å². The zero-order valence-electron chi connectivity index (χ0n) is 7.55. The molecule has 2 rings (SSSR count). The Morgan fingerprint density at radius 3 is 2.71 bits per heavy atom. The smallest absolute Gasteiger partial charge is 0.105 e. The summed E-state index contributed by atoms with van der Waals surface area (Å²) < 4.78 is 0. The number of aliphatic hydroxyl groups excluding tert-OH is 1. The molecule has 0 aliphatic heterocycles. The van der Waals surface area contributed by atoms with Gasteiger partial charge in [-0.05, 0) is 40.1 Å². The summed E-state index contributed by atoms with van der Waals surface area (Å²) in [6.45, 7) is 0. The zero-order valence-corrected chi connectivity index (χ0v) is 8.37. The fraction of sp³-hybridized carbons (Fsp3) is 0.0909. The highest BCUT2D eigenvalue weighted by molar-refractivity contribution is 7.07. The number of hydrogen-bond acceptors (Lipinski definition) is 3. The summed E-state index contributed by atoms with van der Waals surface area (Å²) in [4.78, 5) is 0. The van der Waals surface area contributed by atoms with Gasteiger partial charge >= 0.3 is 0 Å². The number of aliphatic hydroxyl groups is 1. The van der Waals surface area contributed by atoms with Crippen LogP contribution < -0.4 is 5.73 Å². The van der Waals surface area contributed by atoms with Gasteiger partial charge in [0.05, 0.1) is 0 Å². The van der Waals surface area contributed by atoms with Crippen LogP contribution in [0.5, 0.6) is 0 Å². The molecule has 1 heterocycles. The highest BCUT2D eigenvalue weighted by atomic mass is 32.1. The Kier molecular flexibility index (Phi) is 2.52. The highest BCUT2D eigenvalue weighted by Gasteiger charge is 2.10. The zero-order chi connectivity index (χ0) is 9.97. The third-order valence-corrected chi connectivity index (χ3v) is 2.79. The van der Waals surface area contributed by atoms with Crippen molar-refractivity contribution in [1.82, 2.24) is 0 Å². The van der Waals surface area contributed by atoms with Crippen molar-refractivity contribution in [2.45, 2.75) is 6.10 Å². The largest absolute Gasteiger partial charge is 0.399 e. The second-order valence-corrected chi connectivity index (χ2v) is 3.91. The molecule has 1 aromatic heterocycles. The Balaban J connectivity index is 2.32. The molecule has 0 bridgehead atoms. The molecule has 1 unspecified atom stereocenters. The van der Waals surface area contributed by atoms with E-state index in [0.717, 1.165) is 11.1 Å². The van der Waals surface area contributed by atoms with E-state index in [1.807, 2.05) is 35.0 Å². The van der Waals surface area contributed by atoms with Crippen molar-refractivity contribution in [1.29, 1.82) is 0 Å². The Morgan fingerprint density at radius 2 is 2.07 bits per heavy atom. The number of benzene rings is 1. The van der Waals surface area contributed by atoms with Crippen LogP contribution in [-0.2, 0) is 0 Å². The summed E-state index contributed by atoms with van der Waals surface area (Å²) in [7, 11) is 0. The topological polar surface area (TPSA) is 46.2 Å². The molecule has 14 heavy (non-hydrogen) atoms. The molecular weight excluding hydrogens is 194 g/mol. The molecule has 2 nitrogen and oxygen atoms in total. The van der Waals surface area contributed by atoms with Crippen LogP contribution >= 0.6 is 11.3 Å². The minimum atomic E-state index is -0.565. The van der Waals surface area contributed by atoms with E-state index in [4.69, 9.17) is 5.73 Å². The first-order valence-corrected chi connectivity index (χ1v) is 5.27. The number of rotatable bonds is 2. The number of anilines is 1. The van der Waals surface area contributed by atoms with Crippen molar-refractivity contribution in [3.8, 4) is 0 Å². The number of nitrogens with two attached hydrogens (primary N) is 1. The van der Waals surface area contributed by atoms with E-state index in [2.05, 4.69) is 0 Å². The summed E-state index contributed by atoms with van der Waals surface area (Å²) in [6, 6.07) is 9.24. The first-order chi connectivity index (χ1) is 6.77. The summed E-state index contributed by atoms with van der Waals surface area (Å²) in [5, 5.41) is 13.8. The maximum absolute atomic E-state index is 9.96. The van der Waals surface area contributed by atoms with Gasteiger partial charge in [0.25, 0.3) is 0 Å². The van der Waals surface area contributed by atoms with Gasteiger partial charge in [0.2, 0.25) is 0 Å². The molecule has 1 aromatic carbocycles. The first kappa shape index (κ1) is 9.24. The molecule has 3 N–H and O–H groups in total. The normalized spacial score (nSPS) is 12.6. The molecule has 72 valence electrons. The molecule has 0 amide bonds. The van der Waals surface area contributed by atoms with Gasteiger partial charge in [0.15, 0.2) is 0 Å². The van der Waals surface area contributed by atoms with Crippen molar-refractivity contribution in [2.24, 2.45) is 0 Å². The van der Waals surface area contributed by atoms with E-state index in [1.165, 1.54) is 0 Å². The minimum Gasteiger partial charge on any atom is -0.399 e. The lowest BCUT2D eigenvalue weighted by Gasteiger charge is -2.09. The molecule has 0 radical (unpaired) electrons. The van der Waals surface area contributed by atoms with E-state index in [1.54, 1.807) is 17.4 Å². The number of thiophene rings is 1. The molecular formula is C11H11NOS. The second-order valence-electron chi connectivity index (χ2n) is 3.13. The quantitative estimate of drug-likeness (QED) is 0.739. The second kappa shape index (κ2) is 3.82. The fourth-order valence-electron chi connectivity index (χ4n) is 1.35. The summed E-state index contributed by atoms with van der Waals surface area (Å²) in [6.07, 6.45) is -0.565. The summed E-state index contributed by atoms with van der Waals surface area (Å²) in [5.41, 5.74) is 8.07. The van der Waals surface area contributed by atoms with Crippen LogP contribution in [0.1, 0.15) is 17.2 Å². The molecule has 2 aromatic rings. The van der Waals surface area contributed by atoms with Crippen molar-refractivity contribution in [3.63, 3.8) is 0 Å². The Morgan fingerprint density at radius 1 is 1.21 bits per heavy atom. The van der Waals surface area contributed by atoms with Gasteiger partial charge in [-0.3, -0.25) is 0 Å². The standard InChI is InChI=1S/C11H11NOS/c12-10-3-1-2-8(6-10)11(13)9-4-5-14-7-9/h1-7,11,13H,12H2. The molecule has 0 aliphatic rings. The van der Waals surface area contributed by atoms with Gasteiger partial charge in [0.1, 0.15) is 6.10 Å². The van der Waals surface area contributed by atoms with E-state index in [0.29, 0.717) is 5.69 Å². The lowest BCUT2D eigenvalue weighted by atomic mass is 10.0. The van der Waals surface area contributed by atoms with Crippen LogP contribution in [0.4, 0.5) is 5.69 Å². The third kappa shape index (κ3) is 1.78. The van der Waals surface area contributed by atoms with Crippen molar-refractivity contribution in [3.05, 3.63) is 52.2 Å². The molecule has 0 aliphatic carbocycles. The van der Waals surface area contributed by atoms with Crippen LogP contribution in [0.2, 0.25) is 0 Å². The van der Waals surface area contributed by atoms with Crippen LogP contribution in [0.15, 0.2) is 41.1 Å². The average Bonchev–Trinajstić information content (AvgIpc) is 2.69. The van der Waals surface area contributed by atoms with Crippen LogP contribution in [0.25, 0.3) is 0 Å². The average molecular weight is 205 g/mol. The van der Waals surface area contributed by atoms with Gasteiger partial charge < -0.3 is 10.8 Å². The predicted octanol–water partition coefficient (Wildman–Crippen LogP) is 2.41. The molecule has 0 saturated heterocycles. The van der Waals surface area contributed by atoms with Crippen LogP contribution in [0.3, 0.4) is 0 Å². The van der Waals surface area contributed by atoms with E-state index >= 15 is 0 Å². The SMILES string of the molecule is Nc1cccc(C(O)c2ccsc2)c1. The third-order valence-electron chi connectivity index (χ3n) is 2.09. The Labute approximate surface area is 86.6 Å². The molecule has 0 spiro atoms. The first-order valence-electron chi connectivity index (χ1n) is 4.33. The Hall–Kier alpha value is -1.32. The predicted molar refractivity (Wildman–Crippen MR) is 59.2 cm³/mol. The van der Waals surface area contributed by atoms with Gasteiger partial charge in [-0.1, -0.05) is 12.1 Å². The van der Waals surface area contributed by atoms with E-state index < -0.39 is 6.10 Å². The van der Waals surface area contributed by atoms with Crippen molar-refractivity contribution in [2.75, 3.05) is 5.73 Å². The highest BCUT2D eigenvalue weighted by Crippen LogP contribution is 2.24. The molecule has 3 heteroatoms. The molecule has 1 atom stereocenters. The molecule has 0 fully saturated rings. The fourth-order valence-corrected chi connectivity index (χ4v) is 2.03.